The molecule has 1 rings (SSSR count). The van der Waals surface area contributed by atoms with Gasteiger partial charge in [-0.3, -0.25) is 4.68 Å². The number of hydrogen-bond donors (Lipinski definition) is 1. The summed E-state index contributed by atoms with van der Waals surface area (Å²) in [5.74, 6) is 0. The van der Waals surface area contributed by atoms with Crippen molar-refractivity contribution in [3.05, 3.63) is 18.0 Å². The van der Waals surface area contributed by atoms with Gasteiger partial charge >= 0.3 is 0 Å². The fourth-order valence-electron chi connectivity index (χ4n) is 1.68. The zero-order valence-corrected chi connectivity index (χ0v) is 11.1. The molecule has 0 spiro atoms. The van der Waals surface area contributed by atoms with Gasteiger partial charge in [0.05, 0.1) is 5.69 Å². The normalized spacial score (nSPS) is 12.0. The fraction of sp³-hybridized carbons (Fsp3) is 0.769. The molecule has 1 aromatic rings. The Morgan fingerprint density at radius 3 is 2.62 bits per heavy atom. The van der Waals surface area contributed by atoms with Gasteiger partial charge < -0.3 is 5.32 Å². The summed E-state index contributed by atoms with van der Waals surface area (Å²) in [4.78, 5) is 0. The third kappa shape index (κ3) is 5.91. The van der Waals surface area contributed by atoms with Gasteiger partial charge in [-0.05, 0) is 30.9 Å². The van der Waals surface area contributed by atoms with E-state index in [1.54, 1.807) is 0 Å². The third-order valence-corrected chi connectivity index (χ3v) is 2.61. The van der Waals surface area contributed by atoms with Crippen molar-refractivity contribution >= 4 is 0 Å². The topological polar surface area (TPSA) is 29.9 Å². The van der Waals surface area contributed by atoms with Crippen LogP contribution in [-0.4, -0.2) is 16.3 Å². The molecule has 3 heteroatoms. The molecule has 1 aromatic heterocycles. The molecule has 3 nitrogen and oxygen atoms in total. The van der Waals surface area contributed by atoms with E-state index in [4.69, 9.17) is 0 Å². The van der Waals surface area contributed by atoms with Crippen LogP contribution in [0.4, 0.5) is 0 Å². The summed E-state index contributed by atoms with van der Waals surface area (Å²) >= 11 is 0. The first-order valence-corrected chi connectivity index (χ1v) is 6.17. The van der Waals surface area contributed by atoms with Crippen LogP contribution in [0.15, 0.2) is 12.3 Å². The smallest absolute Gasteiger partial charge is 0.0762 e. The molecular formula is C13H25N3. The van der Waals surface area contributed by atoms with Gasteiger partial charge in [0.15, 0.2) is 0 Å². The van der Waals surface area contributed by atoms with Crippen molar-refractivity contribution in [2.45, 2.75) is 46.6 Å². The van der Waals surface area contributed by atoms with Crippen LogP contribution < -0.4 is 5.32 Å². The average molecular weight is 223 g/mol. The number of aryl methyl sites for hydroxylation is 1. The van der Waals surface area contributed by atoms with Crippen molar-refractivity contribution in [1.82, 2.24) is 15.1 Å². The van der Waals surface area contributed by atoms with Gasteiger partial charge in [0, 0.05) is 19.8 Å². The van der Waals surface area contributed by atoms with Crippen molar-refractivity contribution in [1.29, 1.82) is 0 Å². The van der Waals surface area contributed by atoms with Gasteiger partial charge in [-0.1, -0.05) is 27.2 Å². The molecule has 0 fully saturated rings. The van der Waals surface area contributed by atoms with Gasteiger partial charge in [0.25, 0.3) is 0 Å². The van der Waals surface area contributed by atoms with Crippen LogP contribution in [-0.2, 0) is 13.6 Å². The number of nitrogens with one attached hydrogen (secondary N) is 1. The summed E-state index contributed by atoms with van der Waals surface area (Å²) in [7, 11) is 1.95. The predicted octanol–water partition coefficient (Wildman–Crippen LogP) is 2.73. The molecule has 0 aliphatic heterocycles. The minimum atomic E-state index is 0.473. The maximum absolute atomic E-state index is 4.32. The lowest BCUT2D eigenvalue weighted by Crippen LogP contribution is -2.16. The van der Waals surface area contributed by atoms with Gasteiger partial charge in [-0.2, -0.15) is 5.10 Å². The summed E-state index contributed by atoms with van der Waals surface area (Å²) in [6.07, 6.45) is 5.84. The van der Waals surface area contributed by atoms with Crippen LogP contribution in [0.25, 0.3) is 0 Å². The molecule has 1 N–H and O–H groups in total. The van der Waals surface area contributed by atoms with Crippen LogP contribution in [0.5, 0.6) is 0 Å². The highest BCUT2D eigenvalue weighted by atomic mass is 15.3. The lowest BCUT2D eigenvalue weighted by atomic mass is 9.90. The Hall–Kier alpha value is -0.830. The van der Waals surface area contributed by atoms with E-state index in [1.165, 1.54) is 19.3 Å². The molecule has 0 saturated heterocycles. The third-order valence-electron chi connectivity index (χ3n) is 2.61. The highest BCUT2D eigenvalue weighted by molar-refractivity contribution is 4.97. The molecule has 0 amide bonds. The van der Waals surface area contributed by atoms with E-state index in [9.17, 15) is 0 Å². The summed E-state index contributed by atoms with van der Waals surface area (Å²) in [5.41, 5.74) is 1.60. The van der Waals surface area contributed by atoms with Gasteiger partial charge in [0.1, 0.15) is 0 Å². The highest BCUT2D eigenvalue weighted by Gasteiger charge is 2.08. The number of unbranched alkanes of at least 4 members (excludes halogenated alkanes) is 1. The summed E-state index contributed by atoms with van der Waals surface area (Å²) in [6.45, 7) is 8.87. The maximum atomic E-state index is 4.32. The van der Waals surface area contributed by atoms with Gasteiger partial charge in [-0.15, -0.1) is 0 Å². The largest absolute Gasteiger partial charge is 0.311 e. The van der Waals surface area contributed by atoms with E-state index in [0.29, 0.717) is 5.41 Å². The lowest BCUT2D eigenvalue weighted by molar-refractivity contribution is 0.358. The Labute approximate surface area is 99.2 Å². The van der Waals surface area contributed by atoms with Crippen LogP contribution in [0.3, 0.4) is 0 Å². The molecule has 0 aliphatic rings. The molecule has 0 aliphatic carbocycles. The minimum absolute atomic E-state index is 0.473. The predicted molar refractivity (Wildman–Crippen MR) is 68.2 cm³/mol. The number of rotatable bonds is 6. The Bertz CT molecular complexity index is 296. The SMILES string of the molecule is Cn1ccc(CNCCCCC(C)(C)C)n1. The molecule has 0 bridgehead atoms. The first kappa shape index (κ1) is 13.2. The summed E-state index contributed by atoms with van der Waals surface area (Å²) < 4.78 is 1.84. The summed E-state index contributed by atoms with van der Waals surface area (Å²) in [5, 5.41) is 7.75. The second kappa shape index (κ2) is 6.04. The Morgan fingerprint density at radius 1 is 1.31 bits per heavy atom. The van der Waals surface area contributed by atoms with Gasteiger partial charge in [-0.25, -0.2) is 0 Å². The number of aromatic nitrogens is 2. The second-order valence-electron chi connectivity index (χ2n) is 5.68. The first-order chi connectivity index (χ1) is 7.47. The lowest BCUT2D eigenvalue weighted by Gasteiger charge is -2.17. The molecule has 92 valence electrons. The van der Waals surface area contributed by atoms with Crippen LogP contribution in [0, 0.1) is 5.41 Å². The molecular weight excluding hydrogens is 198 g/mol. The van der Waals surface area contributed by atoms with Crippen molar-refractivity contribution < 1.29 is 0 Å². The van der Waals surface area contributed by atoms with E-state index < -0.39 is 0 Å². The highest BCUT2D eigenvalue weighted by Crippen LogP contribution is 2.21. The van der Waals surface area contributed by atoms with Crippen molar-refractivity contribution in [2.24, 2.45) is 12.5 Å². The summed E-state index contributed by atoms with van der Waals surface area (Å²) in [6, 6.07) is 2.06. The second-order valence-corrected chi connectivity index (χ2v) is 5.68. The Balaban J connectivity index is 2.00. The fourth-order valence-corrected chi connectivity index (χ4v) is 1.68. The van der Waals surface area contributed by atoms with Crippen LogP contribution in [0.1, 0.15) is 45.7 Å². The Kier molecular flexibility index (Phi) is 5.00. The molecule has 0 radical (unpaired) electrons. The molecule has 0 aromatic carbocycles. The van der Waals surface area contributed by atoms with Crippen LogP contribution in [0.2, 0.25) is 0 Å². The average Bonchev–Trinajstić information content (AvgIpc) is 2.56. The molecule has 16 heavy (non-hydrogen) atoms. The van der Waals surface area contributed by atoms with Crippen molar-refractivity contribution in [2.75, 3.05) is 6.54 Å². The maximum Gasteiger partial charge on any atom is 0.0762 e. The quantitative estimate of drug-likeness (QED) is 0.752. The first-order valence-electron chi connectivity index (χ1n) is 6.17. The van der Waals surface area contributed by atoms with E-state index >= 15 is 0 Å². The zero-order valence-electron chi connectivity index (χ0n) is 11.1. The molecule has 0 unspecified atom stereocenters. The van der Waals surface area contributed by atoms with Crippen molar-refractivity contribution in [3.8, 4) is 0 Å². The van der Waals surface area contributed by atoms with E-state index in [0.717, 1.165) is 18.8 Å². The molecule has 0 saturated carbocycles. The number of hydrogen-bond acceptors (Lipinski definition) is 2. The monoisotopic (exact) mass is 223 g/mol. The van der Waals surface area contributed by atoms with E-state index in [-0.39, 0.29) is 0 Å². The molecule has 0 atom stereocenters. The van der Waals surface area contributed by atoms with E-state index in [1.807, 2.05) is 17.9 Å². The standard InChI is InChI=1S/C13H25N3/c1-13(2,3)8-5-6-9-14-11-12-7-10-16(4)15-12/h7,10,14H,5-6,8-9,11H2,1-4H3. The van der Waals surface area contributed by atoms with Crippen molar-refractivity contribution in [3.63, 3.8) is 0 Å². The zero-order chi connectivity index (χ0) is 12.0. The van der Waals surface area contributed by atoms with Crippen LogP contribution >= 0.6 is 0 Å². The molecule has 1 heterocycles. The minimum Gasteiger partial charge on any atom is -0.311 e. The number of nitrogens with zero attached hydrogens (tertiary/aromatic N) is 2. The Morgan fingerprint density at radius 2 is 2.06 bits per heavy atom. The van der Waals surface area contributed by atoms with Gasteiger partial charge in [0.2, 0.25) is 0 Å². The van der Waals surface area contributed by atoms with E-state index in [2.05, 4.69) is 37.3 Å².